The van der Waals surface area contributed by atoms with Crippen LogP contribution < -0.4 is 14.5 Å². The fraction of sp³-hybridized carbons (Fsp3) is 0.192. The number of anilines is 3. The third kappa shape index (κ3) is 5.99. The van der Waals surface area contributed by atoms with Crippen molar-refractivity contribution in [2.24, 2.45) is 0 Å². The molecular weight excluding hydrogens is 536 g/mol. The predicted molar refractivity (Wildman–Crippen MR) is 139 cm³/mol. The first-order chi connectivity index (χ1) is 18.7. The Labute approximate surface area is 223 Å². The molecule has 2 aromatic carbocycles. The summed E-state index contributed by atoms with van der Waals surface area (Å²) in [6.07, 6.45) is -3.18. The topological polar surface area (TPSA) is 97.3 Å². The van der Waals surface area contributed by atoms with E-state index in [1.54, 1.807) is 29.3 Å². The zero-order chi connectivity index (χ0) is 27.6. The van der Waals surface area contributed by atoms with Gasteiger partial charge in [-0.25, -0.2) is 19.3 Å². The van der Waals surface area contributed by atoms with Gasteiger partial charge >= 0.3 is 6.18 Å². The summed E-state index contributed by atoms with van der Waals surface area (Å²) in [6.45, 7) is 1.63. The molecule has 0 aliphatic carbocycles. The first kappa shape index (κ1) is 26.5. The van der Waals surface area contributed by atoms with E-state index >= 15 is 0 Å². The minimum atomic E-state index is -4.85. The van der Waals surface area contributed by atoms with Crippen molar-refractivity contribution in [1.82, 2.24) is 15.0 Å². The van der Waals surface area contributed by atoms with Crippen molar-refractivity contribution in [3.8, 4) is 22.4 Å². The summed E-state index contributed by atoms with van der Waals surface area (Å²) in [5.41, 5.74) is 1.05. The first-order valence-corrected chi connectivity index (χ1v) is 12.9. The average molecular weight is 558 g/mol. The van der Waals surface area contributed by atoms with Gasteiger partial charge in [-0.2, -0.15) is 13.2 Å². The second kappa shape index (κ2) is 10.9. The smallest absolute Gasteiger partial charge is 0.451 e. The van der Waals surface area contributed by atoms with Crippen LogP contribution in [0.1, 0.15) is 5.82 Å². The van der Waals surface area contributed by atoms with Crippen LogP contribution in [-0.2, 0) is 17.4 Å². The number of rotatable bonds is 6. The average Bonchev–Trinajstić information content (AvgIpc) is 2.93. The number of aromatic nitrogens is 3. The highest BCUT2D eigenvalue weighted by Crippen LogP contribution is 2.41. The van der Waals surface area contributed by atoms with Gasteiger partial charge in [-0.05, 0) is 54.1 Å². The van der Waals surface area contributed by atoms with Gasteiger partial charge in [-0.1, -0.05) is 18.2 Å². The van der Waals surface area contributed by atoms with Crippen molar-refractivity contribution in [2.45, 2.75) is 6.18 Å². The summed E-state index contributed by atoms with van der Waals surface area (Å²) in [5, 5.41) is 0. The summed E-state index contributed by atoms with van der Waals surface area (Å²) in [4.78, 5) is 16.0. The molecule has 1 aliphatic heterocycles. The van der Waals surface area contributed by atoms with Gasteiger partial charge in [0.05, 0.1) is 11.3 Å². The van der Waals surface area contributed by atoms with Crippen LogP contribution in [0.2, 0.25) is 0 Å². The Kier molecular flexibility index (Phi) is 7.44. The van der Waals surface area contributed by atoms with E-state index in [2.05, 4.69) is 19.7 Å². The molecule has 1 fully saturated rings. The predicted octanol–water partition coefficient (Wildman–Crippen LogP) is 4.90. The zero-order valence-corrected chi connectivity index (χ0v) is 21.0. The summed E-state index contributed by atoms with van der Waals surface area (Å²) in [6, 6.07) is 16.7. The number of piperazine rings is 1. The minimum Gasteiger partial charge on any atom is -0.755 e. The second-order valence-corrected chi connectivity index (χ2v) is 9.35. The molecule has 39 heavy (non-hydrogen) atoms. The number of nitrogens with one attached hydrogen (secondary N) is 1. The number of hydrogen-bond acceptors (Lipinski definition) is 7. The molecule has 1 saturated heterocycles. The Morgan fingerprint density at radius 1 is 0.872 bits per heavy atom. The van der Waals surface area contributed by atoms with E-state index < -0.39 is 29.1 Å². The second-order valence-electron chi connectivity index (χ2n) is 8.68. The Balaban J connectivity index is 1.66. The summed E-state index contributed by atoms with van der Waals surface area (Å²) in [5.74, 6) is -1.09. The van der Waals surface area contributed by atoms with Crippen molar-refractivity contribution in [3.63, 3.8) is 0 Å². The lowest BCUT2D eigenvalue weighted by Crippen LogP contribution is -2.47. The Morgan fingerprint density at radius 2 is 1.59 bits per heavy atom. The molecule has 0 spiro atoms. The quantitative estimate of drug-likeness (QED) is 0.266. The maximum atomic E-state index is 14.0. The molecule has 1 aliphatic rings. The standard InChI is InChI=1S/C26H22F4N6O2S/c27-19-9-7-17(8-10-19)23-22(18-4-3-5-20(16-18)34-39(37)38)24(33-25(32-23)26(28,29)30)36-14-12-35(13-15-36)21-6-1-2-11-31-21/h1-11,16,34H,12-15H2,(H,37,38)/p-1. The van der Waals surface area contributed by atoms with Crippen molar-refractivity contribution < 1.29 is 26.3 Å². The molecule has 4 aromatic rings. The summed E-state index contributed by atoms with van der Waals surface area (Å²) in [7, 11) is 0. The molecule has 0 amide bonds. The maximum Gasteiger partial charge on any atom is 0.451 e. The third-order valence-electron chi connectivity index (χ3n) is 6.17. The minimum absolute atomic E-state index is 0.0396. The van der Waals surface area contributed by atoms with E-state index in [0.29, 0.717) is 31.7 Å². The van der Waals surface area contributed by atoms with Crippen LogP contribution in [0.5, 0.6) is 0 Å². The van der Waals surface area contributed by atoms with E-state index in [1.807, 2.05) is 17.0 Å². The molecule has 1 N–H and O–H groups in total. The lowest BCUT2D eigenvalue weighted by molar-refractivity contribution is -0.144. The van der Waals surface area contributed by atoms with E-state index in [9.17, 15) is 26.3 Å². The monoisotopic (exact) mass is 557 g/mol. The van der Waals surface area contributed by atoms with Crippen molar-refractivity contribution in [3.05, 3.63) is 84.6 Å². The van der Waals surface area contributed by atoms with Crippen LogP contribution in [-0.4, -0.2) is 49.9 Å². The van der Waals surface area contributed by atoms with Crippen LogP contribution in [0.4, 0.5) is 34.9 Å². The number of alkyl halides is 3. The summed E-state index contributed by atoms with van der Waals surface area (Å²) >= 11 is -2.62. The third-order valence-corrected chi connectivity index (χ3v) is 6.57. The van der Waals surface area contributed by atoms with Crippen LogP contribution in [0, 0.1) is 5.82 Å². The fourth-order valence-corrected chi connectivity index (χ4v) is 4.73. The Bertz CT molecular complexity index is 1480. The number of halogens is 4. The number of benzene rings is 2. The number of hydrogen-bond donors (Lipinski definition) is 1. The van der Waals surface area contributed by atoms with E-state index in [0.717, 1.165) is 18.0 Å². The van der Waals surface area contributed by atoms with Gasteiger partial charge in [0, 0.05) is 54.9 Å². The molecule has 2 aromatic heterocycles. The van der Waals surface area contributed by atoms with Gasteiger partial charge in [-0.3, -0.25) is 4.21 Å². The SMILES string of the molecule is O=S([O-])Nc1cccc(-c2c(-c3ccc(F)cc3)nc(C(F)(F)F)nc2N2CCN(c3ccccn3)CC2)c1. The van der Waals surface area contributed by atoms with Gasteiger partial charge in [0.2, 0.25) is 5.82 Å². The number of nitrogens with zero attached hydrogens (tertiary/aromatic N) is 5. The Hall–Kier alpha value is -4.10. The van der Waals surface area contributed by atoms with Crippen LogP contribution in [0.3, 0.4) is 0 Å². The molecule has 8 nitrogen and oxygen atoms in total. The highest BCUT2D eigenvalue weighted by Gasteiger charge is 2.38. The first-order valence-electron chi connectivity index (χ1n) is 11.8. The van der Waals surface area contributed by atoms with Crippen molar-refractivity contribution >= 4 is 28.6 Å². The highest BCUT2D eigenvalue weighted by molar-refractivity contribution is 7.80. The van der Waals surface area contributed by atoms with Crippen molar-refractivity contribution in [1.29, 1.82) is 0 Å². The molecular formula is C26H21F4N6O2S-. The molecule has 1 unspecified atom stereocenters. The molecule has 0 bridgehead atoms. The Morgan fingerprint density at radius 3 is 2.23 bits per heavy atom. The van der Waals surface area contributed by atoms with Gasteiger partial charge in [0.25, 0.3) is 0 Å². The zero-order valence-electron chi connectivity index (χ0n) is 20.2. The van der Waals surface area contributed by atoms with Crippen molar-refractivity contribution in [2.75, 3.05) is 40.7 Å². The molecule has 0 saturated carbocycles. The van der Waals surface area contributed by atoms with E-state index in [4.69, 9.17) is 0 Å². The fourth-order valence-electron chi connectivity index (χ4n) is 4.41. The van der Waals surface area contributed by atoms with Gasteiger partial charge < -0.3 is 19.1 Å². The molecule has 0 radical (unpaired) electrons. The molecule has 5 rings (SSSR count). The highest BCUT2D eigenvalue weighted by atomic mass is 32.2. The number of pyridine rings is 1. The normalized spacial score (nSPS) is 14.8. The summed E-state index contributed by atoms with van der Waals surface area (Å²) < 4.78 is 80.5. The van der Waals surface area contributed by atoms with Gasteiger partial charge in [0.15, 0.2) is 0 Å². The lowest BCUT2D eigenvalue weighted by atomic mass is 9.98. The van der Waals surface area contributed by atoms with Gasteiger partial charge in [0.1, 0.15) is 17.5 Å². The molecule has 202 valence electrons. The van der Waals surface area contributed by atoms with Crippen LogP contribution in [0.15, 0.2) is 72.9 Å². The van der Waals surface area contributed by atoms with Crippen LogP contribution >= 0.6 is 0 Å². The molecule has 13 heteroatoms. The molecule has 3 heterocycles. The maximum absolute atomic E-state index is 14.0. The van der Waals surface area contributed by atoms with E-state index in [1.165, 1.54) is 24.3 Å². The van der Waals surface area contributed by atoms with Crippen LogP contribution in [0.25, 0.3) is 22.4 Å². The van der Waals surface area contributed by atoms with Gasteiger partial charge in [-0.15, -0.1) is 0 Å². The molecule has 1 atom stereocenters. The largest absolute Gasteiger partial charge is 0.755 e. The van der Waals surface area contributed by atoms with E-state index in [-0.39, 0.29) is 28.3 Å². The lowest BCUT2D eigenvalue weighted by Gasteiger charge is -2.37.